The molecule has 0 fully saturated rings. The number of hydrogen-bond acceptors (Lipinski definition) is 2. The van der Waals surface area contributed by atoms with E-state index in [-0.39, 0.29) is 17.5 Å². The molecule has 2 aromatic carbocycles. The summed E-state index contributed by atoms with van der Waals surface area (Å²) in [5, 5.41) is 2.90. The minimum absolute atomic E-state index is 0.264. The van der Waals surface area contributed by atoms with E-state index >= 15 is 0 Å². The van der Waals surface area contributed by atoms with E-state index < -0.39 is 5.82 Å². The van der Waals surface area contributed by atoms with Crippen LogP contribution in [-0.2, 0) is 0 Å². The Morgan fingerprint density at radius 2 is 2.04 bits per heavy atom. The molecule has 0 saturated heterocycles. The largest absolute Gasteiger partial charge is 0.342 e. The third-order valence-electron chi connectivity index (χ3n) is 3.85. The molecule has 0 aliphatic rings. The number of rotatable bonds is 5. The summed E-state index contributed by atoms with van der Waals surface area (Å²) in [5.74, 6) is -0.133. The second-order valence-electron chi connectivity index (χ2n) is 5.64. The zero-order chi connectivity index (χ0) is 17.8. The van der Waals surface area contributed by atoms with Gasteiger partial charge in [-0.2, -0.15) is 0 Å². The number of nitrogens with zero attached hydrogens (tertiary/aromatic N) is 1. The van der Waals surface area contributed by atoms with Gasteiger partial charge in [0.1, 0.15) is 11.6 Å². The number of amides is 1. The second kappa shape index (κ2) is 7.61. The average Bonchev–Trinajstić information content (AvgIpc) is 3.09. The Labute approximate surface area is 153 Å². The van der Waals surface area contributed by atoms with Crippen LogP contribution in [0.5, 0.6) is 0 Å². The minimum atomic E-state index is -0.461. The summed E-state index contributed by atoms with van der Waals surface area (Å²) in [4.78, 5) is 20.1. The van der Waals surface area contributed by atoms with Crippen LogP contribution in [0.4, 0.5) is 4.39 Å². The molecule has 3 aromatic rings. The Balaban J connectivity index is 1.79. The third kappa shape index (κ3) is 4.14. The van der Waals surface area contributed by atoms with Gasteiger partial charge < -0.3 is 10.3 Å². The zero-order valence-electron chi connectivity index (χ0n) is 13.6. The minimum Gasteiger partial charge on any atom is -0.342 e. The van der Waals surface area contributed by atoms with Crippen LogP contribution in [0.15, 0.2) is 59.2 Å². The lowest BCUT2D eigenvalue weighted by molar-refractivity contribution is 0.0933. The van der Waals surface area contributed by atoms with Crippen molar-refractivity contribution in [3.8, 4) is 11.3 Å². The fourth-order valence-electron chi connectivity index (χ4n) is 2.57. The number of hydrogen-bond donors (Lipinski definition) is 2. The van der Waals surface area contributed by atoms with Gasteiger partial charge in [-0.3, -0.25) is 4.79 Å². The molecule has 128 valence electrons. The zero-order valence-corrected chi connectivity index (χ0v) is 15.2. The molecule has 0 spiro atoms. The van der Waals surface area contributed by atoms with Crippen molar-refractivity contribution in [1.29, 1.82) is 0 Å². The van der Waals surface area contributed by atoms with Crippen LogP contribution < -0.4 is 5.32 Å². The van der Waals surface area contributed by atoms with Crippen molar-refractivity contribution in [2.24, 2.45) is 0 Å². The highest BCUT2D eigenvalue weighted by Gasteiger charge is 2.18. The van der Waals surface area contributed by atoms with Crippen molar-refractivity contribution in [2.45, 2.75) is 19.4 Å². The molecule has 0 aliphatic heterocycles. The highest BCUT2D eigenvalue weighted by atomic mass is 79.9. The average molecular weight is 402 g/mol. The number of nitrogens with one attached hydrogen (secondary N) is 2. The summed E-state index contributed by atoms with van der Waals surface area (Å²) in [7, 11) is 0. The maximum atomic E-state index is 13.5. The molecule has 6 heteroatoms. The number of carbonyl (C=O) groups is 1. The molecule has 0 saturated carbocycles. The van der Waals surface area contributed by atoms with E-state index in [4.69, 9.17) is 0 Å². The summed E-state index contributed by atoms with van der Waals surface area (Å²) < 4.78 is 14.0. The van der Waals surface area contributed by atoms with Crippen molar-refractivity contribution in [3.05, 3.63) is 76.4 Å². The first-order valence-corrected chi connectivity index (χ1v) is 8.73. The lowest BCUT2D eigenvalue weighted by Gasteiger charge is -2.15. The van der Waals surface area contributed by atoms with E-state index in [2.05, 4.69) is 31.2 Å². The lowest BCUT2D eigenvalue weighted by atomic mass is 10.1. The molecular formula is C19H17BrFN3O. The van der Waals surface area contributed by atoms with Gasteiger partial charge in [-0.05, 0) is 30.2 Å². The first-order valence-electron chi connectivity index (χ1n) is 7.94. The smallest absolute Gasteiger partial charge is 0.252 e. The number of carbonyl (C=O) groups excluding carboxylic acids is 1. The van der Waals surface area contributed by atoms with Crippen molar-refractivity contribution in [3.63, 3.8) is 0 Å². The third-order valence-corrected chi connectivity index (χ3v) is 4.31. The van der Waals surface area contributed by atoms with Crippen LogP contribution in [0.1, 0.15) is 35.6 Å². The predicted molar refractivity (Wildman–Crippen MR) is 98.6 cm³/mol. The van der Waals surface area contributed by atoms with Gasteiger partial charge in [0, 0.05) is 10.0 Å². The predicted octanol–water partition coefficient (Wildman–Crippen LogP) is 4.86. The Bertz CT molecular complexity index is 859. The quantitative estimate of drug-likeness (QED) is 0.641. The van der Waals surface area contributed by atoms with Gasteiger partial charge in [0.15, 0.2) is 0 Å². The molecule has 1 aromatic heterocycles. The van der Waals surface area contributed by atoms with E-state index in [0.29, 0.717) is 16.7 Å². The van der Waals surface area contributed by atoms with Crippen molar-refractivity contribution in [2.75, 3.05) is 0 Å². The fourth-order valence-corrected chi connectivity index (χ4v) is 3.03. The fraction of sp³-hybridized carbons (Fsp3) is 0.158. The van der Waals surface area contributed by atoms with E-state index in [0.717, 1.165) is 11.3 Å². The number of H-pyrrole nitrogens is 1. The first kappa shape index (κ1) is 17.4. The number of aromatic nitrogens is 2. The van der Waals surface area contributed by atoms with Gasteiger partial charge in [-0.1, -0.05) is 53.2 Å². The summed E-state index contributed by atoms with van der Waals surface area (Å²) in [6.07, 6.45) is 2.40. The summed E-state index contributed by atoms with van der Waals surface area (Å²) in [6, 6.07) is 13.7. The molecule has 0 aliphatic carbocycles. The highest BCUT2D eigenvalue weighted by Crippen LogP contribution is 2.21. The molecule has 3 rings (SSSR count). The number of benzene rings is 2. The molecular weight excluding hydrogens is 385 g/mol. The maximum absolute atomic E-state index is 13.5. The molecule has 0 radical (unpaired) electrons. The molecule has 1 amide bonds. The van der Waals surface area contributed by atoms with Crippen LogP contribution in [0, 0.1) is 5.82 Å². The Morgan fingerprint density at radius 3 is 2.72 bits per heavy atom. The SMILES string of the molecule is CCC(NC(=O)c1cc(F)cc(Br)c1)c1ncc(-c2ccccc2)[nH]1. The second-order valence-corrected chi connectivity index (χ2v) is 6.56. The lowest BCUT2D eigenvalue weighted by Crippen LogP contribution is -2.29. The van der Waals surface area contributed by atoms with Crippen LogP contribution in [0.2, 0.25) is 0 Å². The number of imidazole rings is 1. The van der Waals surface area contributed by atoms with Gasteiger partial charge in [0.25, 0.3) is 5.91 Å². The first-order chi connectivity index (χ1) is 12.1. The van der Waals surface area contributed by atoms with Crippen molar-refractivity contribution >= 4 is 21.8 Å². The number of aromatic amines is 1. The Kier molecular flexibility index (Phi) is 5.28. The van der Waals surface area contributed by atoms with Crippen molar-refractivity contribution in [1.82, 2.24) is 15.3 Å². The normalized spacial score (nSPS) is 12.0. The highest BCUT2D eigenvalue weighted by molar-refractivity contribution is 9.10. The van der Waals surface area contributed by atoms with E-state index in [9.17, 15) is 9.18 Å². The van der Waals surface area contributed by atoms with E-state index in [1.165, 1.54) is 12.1 Å². The van der Waals surface area contributed by atoms with Gasteiger partial charge in [0.2, 0.25) is 0 Å². The monoisotopic (exact) mass is 401 g/mol. The maximum Gasteiger partial charge on any atom is 0.252 e. The number of halogens is 2. The Morgan fingerprint density at radius 1 is 1.28 bits per heavy atom. The standard InChI is InChI=1S/C19H17BrFN3O/c1-2-16(24-19(25)13-8-14(20)10-15(21)9-13)18-22-11-17(23-18)12-6-4-3-5-7-12/h3-11,16H,2H2,1H3,(H,22,23)(H,24,25). The molecule has 0 bridgehead atoms. The van der Waals surface area contributed by atoms with Crippen LogP contribution in [0.3, 0.4) is 0 Å². The van der Waals surface area contributed by atoms with Crippen LogP contribution >= 0.6 is 15.9 Å². The van der Waals surface area contributed by atoms with Crippen LogP contribution in [-0.4, -0.2) is 15.9 Å². The molecule has 4 nitrogen and oxygen atoms in total. The van der Waals surface area contributed by atoms with Gasteiger partial charge in [-0.25, -0.2) is 9.37 Å². The molecule has 2 N–H and O–H groups in total. The molecule has 1 atom stereocenters. The summed E-state index contributed by atoms with van der Waals surface area (Å²) >= 11 is 3.20. The molecule has 1 unspecified atom stereocenters. The Hall–Kier alpha value is -2.47. The van der Waals surface area contributed by atoms with Gasteiger partial charge in [-0.15, -0.1) is 0 Å². The van der Waals surface area contributed by atoms with Crippen molar-refractivity contribution < 1.29 is 9.18 Å². The van der Waals surface area contributed by atoms with Crippen LogP contribution in [0.25, 0.3) is 11.3 Å². The van der Waals surface area contributed by atoms with Gasteiger partial charge in [0.05, 0.1) is 17.9 Å². The van der Waals surface area contributed by atoms with E-state index in [1.807, 2.05) is 37.3 Å². The summed E-state index contributed by atoms with van der Waals surface area (Å²) in [5.41, 5.74) is 2.17. The molecule has 25 heavy (non-hydrogen) atoms. The summed E-state index contributed by atoms with van der Waals surface area (Å²) in [6.45, 7) is 1.96. The molecule has 1 heterocycles. The van der Waals surface area contributed by atoms with E-state index in [1.54, 1.807) is 12.3 Å². The van der Waals surface area contributed by atoms with Gasteiger partial charge >= 0.3 is 0 Å². The topological polar surface area (TPSA) is 57.8 Å².